The van der Waals surface area contributed by atoms with Crippen molar-refractivity contribution in [2.24, 2.45) is 5.92 Å². The van der Waals surface area contributed by atoms with Crippen LogP contribution in [0.15, 0.2) is 0 Å². The van der Waals surface area contributed by atoms with E-state index in [-0.39, 0.29) is 18.9 Å². The Balaban J connectivity index is 2.41. The van der Waals surface area contributed by atoms with Gasteiger partial charge in [-0.1, -0.05) is 6.42 Å². The van der Waals surface area contributed by atoms with Gasteiger partial charge in [0.1, 0.15) is 0 Å². The average Bonchev–Trinajstić information content (AvgIpc) is 2.24. The summed E-state index contributed by atoms with van der Waals surface area (Å²) in [5, 5.41) is 13.2. The van der Waals surface area contributed by atoms with Crippen molar-refractivity contribution < 1.29 is 18.3 Å². The van der Waals surface area contributed by atoms with E-state index in [1.165, 1.54) is 0 Å². The van der Waals surface area contributed by atoms with Crippen molar-refractivity contribution >= 4 is 0 Å². The molecule has 3 atom stereocenters. The van der Waals surface area contributed by atoms with Gasteiger partial charge in [0, 0.05) is 19.1 Å². The molecule has 3 unspecified atom stereocenters. The van der Waals surface area contributed by atoms with Crippen LogP contribution in [0.4, 0.5) is 13.2 Å². The van der Waals surface area contributed by atoms with Crippen LogP contribution in [0.3, 0.4) is 0 Å². The maximum absolute atomic E-state index is 12.7. The molecule has 0 heterocycles. The molecule has 0 spiro atoms. The molecular weight excluding hydrogens is 257 g/mol. The quantitative estimate of drug-likeness (QED) is 0.809. The first-order valence-corrected chi connectivity index (χ1v) is 6.77. The second-order valence-electron chi connectivity index (χ2n) is 6.22. The number of hydrogen-bond acceptors (Lipinski definition) is 3. The Bertz CT molecular complexity index is 280. The minimum absolute atomic E-state index is 0.127. The number of hydrogen-bond donors (Lipinski definition) is 2. The van der Waals surface area contributed by atoms with Crippen LogP contribution in [0, 0.1) is 5.92 Å². The number of halogens is 3. The molecule has 0 aliphatic heterocycles. The second kappa shape index (κ2) is 6.41. The van der Waals surface area contributed by atoms with Crippen LogP contribution < -0.4 is 5.32 Å². The number of nitrogens with one attached hydrogen (secondary N) is 1. The first-order valence-electron chi connectivity index (χ1n) is 6.77. The van der Waals surface area contributed by atoms with Crippen molar-refractivity contribution in [2.45, 2.75) is 50.4 Å². The van der Waals surface area contributed by atoms with E-state index in [9.17, 15) is 18.3 Å². The molecule has 6 heteroatoms. The van der Waals surface area contributed by atoms with Gasteiger partial charge in [0.05, 0.1) is 11.5 Å². The molecule has 0 bridgehead atoms. The van der Waals surface area contributed by atoms with Gasteiger partial charge in [-0.2, -0.15) is 13.2 Å². The van der Waals surface area contributed by atoms with E-state index in [2.05, 4.69) is 5.32 Å². The van der Waals surface area contributed by atoms with Gasteiger partial charge >= 0.3 is 6.18 Å². The Morgan fingerprint density at radius 2 is 1.89 bits per heavy atom. The first kappa shape index (κ1) is 16.7. The molecule has 0 aromatic heterocycles. The van der Waals surface area contributed by atoms with Crippen LogP contribution >= 0.6 is 0 Å². The van der Waals surface area contributed by atoms with Crippen LogP contribution in [0.2, 0.25) is 0 Å². The van der Waals surface area contributed by atoms with E-state index in [0.717, 1.165) is 6.42 Å². The zero-order valence-electron chi connectivity index (χ0n) is 11.9. The summed E-state index contributed by atoms with van der Waals surface area (Å²) in [6, 6.07) is -0.144. The SMILES string of the molecule is CN(C)CC(C)(O)CNC1CCCC(C(F)(F)F)C1. The summed E-state index contributed by atoms with van der Waals surface area (Å²) in [6.45, 7) is 2.50. The van der Waals surface area contributed by atoms with Gasteiger partial charge in [-0.15, -0.1) is 0 Å². The number of alkyl halides is 3. The Morgan fingerprint density at radius 1 is 1.26 bits per heavy atom. The highest BCUT2D eigenvalue weighted by atomic mass is 19.4. The lowest BCUT2D eigenvalue weighted by atomic mass is 9.85. The topological polar surface area (TPSA) is 35.5 Å². The molecule has 2 N–H and O–H groups in total. The minimum atomic E-state index is -4.09. The van der Waals surface area contributed by atoms with Crippen molar-refractivity contribution in [2.75, 3.05) is 27.2 Å². The second-order valence-corrected chi connectivity index (χ2v) is 6.22. The monoisotopic (exact) mass is 282 g/mol. The lowest BCUT2D eigenvalue weighted by Crippen LogP contribution is -2.49. The molecule has 0 amide bonds. The lowest BCUT2D eigenvalue weighted by Gasteiger charge is -2.34. The molecule has 1 aliphatic rings. The van der Waals surface area contributed by atoms with Crippen LogP contribution in [0.5, 0.6) is 0 Å². The van der Waals surface area contributed by atoms with Gasteiger partial charge in [0.2, 0.25) is 0 Å². The van der Waals surface area contributed by atoms with Crippen LogP contribution in [0.1, 0.15) is 32.6 Å². The highest BCUT2D eigenvalue weighted by Gasteiger charge is 2.42. The molecule has 0 saturated heterocycles. The zero-order chi connectivity index (χ0) is 14.7. The van der Waals surface area contributed by atoms with E-state index in [0.29, 0.717) is 19.5 Å². The van der Waals surface area contributed by atoms with E-state index in [1.54, 1.807) is 6.92 Å². The maximum atomic E-state index is 12.7. The summed E-state index contributed by atoms with van der Waals surface area (Å²) < 4.78 is 38.0. The summed E-state index contributed by atoms with van der Waals surface area (Å²) in [5.74, 6) is -1.20. The Hall–Kier alpha value is -0.330. The molecular formula is C13H25F3N2O. The zero-order valence-corrected chi connectivity index (χ0v) is 11.9. The summed E-state index contributed by atoms with van der Waals surface area (Å²) in [4.78, 5) is 1.86. The summed E-state index contributed by atoms with van der Waals surface area (Å²) in [7, 11) is 3.71. The first-order chi connectivity index (χ1) is 8.60. The van der Waals surface area contributed by atoms with Crippen molar-refractivity contribution in [3.63, 3.8) is 0 Å². The maximum Gasteiger partial charge on any atom is 0.391 e. The molecule has 1 saturated carbocycles. The Kier molecular flexibility index (Phi) is 5.65. The summed E-state index contributed by atoms with van der Waals surface area (Å²) in [6.07, 6.45) is -2.38. The smallest absolute Gasteiger partial charge is 0.388 e. The third-order valence-electron chi connectivity index (χ3n) is 3.57. The molecule has 114 valence electrons. The van der Waals surface area contributed by atoms with Crippen LogP contribution in [-0.2, 0) is 0 Å². The van der Waals surface area contributed by atoms with Crippen LogP contribution in [0.25, 0.3) is 0 Å². The van der Waals surface area contributed by atoms with Crippen molar-refractivity contribution in [1.29, 1.82) is 0 Å². The normalized spacial score (nSPS) is 28.4. The van der Waals surface area contributed by atoms with E-state index < -0.39 is 17.7 Å². The predicted octanol–water partition coefficient (Wildman–Crippen LogP) is 2.01. The van der Waals surface area contributed by atoms with Gasteiger partial charge < -0.3 is 15.3 Å². The van der Waals surface area contributed by atoms with Gasteiger partial charge in [-0.25, -0.2) is 0 Å². The molecule has 19 heavy (non-hydrogen) atoms. The molecule has 1 aliphatic carbocycles. The Labute approximate surface area is 113 Å². The fourth-order valence-corrected chi connectivity index (χ4v) is 2.77. The van der Waals surface area contributed by atoms with Gasteiger partial charge in [-0.3, -0.25) is 0 Å². The van der Waals surface area contributed by atoms with E-state index in [4.69, 9.17) is 0 Å². The fraction of sp³-hybridized carbons (Fsp3) is 1.00. The van der Waals surface area contributed by atoms with Crippen molar-refractivity contribution in [1.82, 2.24) is 10.2 Å². The molecule has 0 aromatic carbocycles. The van der Waals surface area contributed by atoms with E-state index in [1.807, 2.05) is 19.0 Å². The summed E-state index contributed by atoms with van der Waals surface area (Å²) >= 11 is 0. The standard InChI is InChI=1S/C13H25F3N2O/c1-12(19,9-18(2)3)8-17-11-6-4-5-10(7-11)13(14,15)16/h10-11,17,19H,4-9H2,1-3H3. The molecule has 0 radical (unpaired) electrons. The van der Waals surface area contributed by atoms with Gasteiger partial charge in [-0.05, 0) is 40.3 Å². The number of nitrogens with zero attached hydrogens (tertiary/aromatic N) is 1. The Morgan fingerprint density at radius 3 is 2.42 bits per heavy atom. The molecule has 0 aromatic rings. The number of rotatable bonds is 5. The van der Waals surface area contributed by atoms with Gasteiger partial charge in [0.15, 0.2) is 0 Å². The minimum Gasteiger partial charge on any atom is -0.388 e. The van der Waals surface area contributed by atoms with Crippen molar-refractivity contribution in [3.8, 4) is 0 Å². The van der Waals surface area contributed by atoms with Gasteiger partial charge in [0.25, 0.3) is 0 Å². The lowest BCUT2D eigenvalue weighted by molar-refractivity contribution is -0.183. The fourth-order valence-electron chi connectivity index (χ4n) is 2.77. The molecule has 1 fully saturated rings. The average molecular weight is 282 g/mol. The summed E-state index contributed by atoms with van der Waals surface area (Å²) in [5.41, 5.74) is -0.922. The molecule has 3 nitrogen and oxygen atoms in total. The van der Waals surface area contributed by atoms with Crippen LogP contribution in [-0.4, -0.2) is 55.0 Å². The largest absolute Gasteiger partial charge is 0.391 e. The number of likely N-dealkylation sites (N-methyl/N-ethyl adjacent to an activating group) is 1. The predicted molar refractivity (Wildman–Crippen MR) is 69.0 cm³/mol. The highest BCUT2D eigenvalue weighted by Crippen LogP contribution is 2.37. The molecule has 1 rings (SSSR count). The third kappa shape index (κ3) is 6.10. The van der Waals surface area contributed by atoms with E-state index >= 15 is 0 Å². The van der Waals surface area contributed by atoms with Crippen molar-refractivity contribution in [3.05, 3.63) is 0 Å². The number of aliphatic hydroxyl groups is 1. The third-order valence-corrected chi connectivity index (χ3v) is 3.57. The highest BCUT2D eigenvalue weighted by molar-refractivity contribution is 4.85.